The molecule has 0 aliphatic carbocycles. The zero-order valence-corrected chi connectivity index (χ0v) is 11.1. The van der Waals surface area contributed by atoms with Gasteiger partial charge in [-0.2, -0.15) is 0 Å². The summed E-state index contributed by atoms with van der Waals surface area (Å²) < 4.78 is 39.2. The number of rotatable bonds is 6. The van der Waals surface area contributed by atoms with Gasteiger partial charge in [-0.05, 0) is 18.9 Å². The summed E-state index contributed by atoms with van der Waals surface area (Å²) in [5.41, 5.74) is 0.159. The highest BCUT2D eigenvalue weighted by Gasteiger charge is 2.15. The smallest absolute Gasteiger partial charge is 0.161 e. The average Bonchev–Trinajstić information content (AvgIpc) is 2.33. The van der Waals surface area contributed by atoms with Crippen LogP contribution in [0.3, 0.4) is 0 Å². The summed E-state index contributed by atoms with van der Waals surface area (Å²) >= 11 is 0. The van der Waals surface area contributed by atoms with Crippen LogP contribution in [-0.4, -0.2) is 6.04 Å². The highest BCUT2D eigenvalue weighted by molar-refractivity contribution is 5.20. The van der Waals surface area contributed by atoms with Gasteiger partial charge in [0.25, 0.3) is 0 Å². The van der Waals surface area contributed by atoms with Gasteiger partial charge >= 0.3 is 0 Å². The Hall–Kier alpha value is -1.03. The molecule has 1 aromatic carbocycles. The van der Waals surface area contributed by atoms with Crippen LogP contribution in [0.1, 0.15) is 39.2 Å². The van der Waals surface area contributed by atoms with Gasteiger partial charge in [-0.15, -0.1) is 0 Å². The quantitative estimate of drug-likeness (QED) is 0.761. The Bertz CT molecular complexity index is 389. The first kappa shape index (κ1) is 15.0. The molecule has 0 fully saturated rings. The maximum atomic E-state index is 13.4. The van der Waals surface area contributed by atoms with Crippen LogP contribution in [0.4, 0.5) is 13.2 Å². The fourth-order valence-electron chi connectivity index (χ4n) is 2.13. The van der Waals surface area contributed by atoms with Crippen molar-refractivity contribution in [3.8, 4) is 0 Å². The Kier molecular flexibility index (Phi) is 5.66. The molecular weight excluding hydrogens is 239 g/mol. The van der Waals surface area contributed by atoms with Crippen molar-refractivity contribution in [2.75, 3.05) is 0 Å². The first-order valence-electron chi connectivity index (χ1n) is 6.36. The van der Waals surface area contributed by atoms with Gasteiger partial charge in [0.05, 0.1) is 0 Å². The third-order valence-corrected chi connectivity index (χ3v) is 3.46. The Balaban J connectivity index is 2.66. The maximum absolute atomic E-state index is 13.4. The van der Waals surface area contributed by atoms with E-state index in [-0.39, 0.29) is 18.2 Å². The minimum Gasteiger partial charge on any atom is -0.310 e. The van der Waals surface area contributed by atoms with E-state index in [4.69, 9.17) is 0 Å². The minimum absolute atomic E-state index is 0.159. The topological polar surface area (TPSA) is 12.0 Å². The standard InChI is InChI=1S/C14H20F3N/c1-4-10(5-2)9(3)18-8-11-6-13(16)14(17)7-12(11)15/h6-7,9-10,18H,4-5,8H2,1-3H3. The van der Waals surface area contributed by atoms with Crippen LogP contribution in [0.5, 0.6) is 0 Å². The molecule has 0 radical (unpaired) electrons. The zero-order chi connectivity index (χ0) is 13.7. The van der Waals surface area contributed by atoms with E-state index in [0.29, 0.717) is 12.0 Å². The molecule has 1 aromatic rings. The molecule has 0 amide bonds. The van der Waals surface area contributed by atoms with Gasteiger partial charge in [0.15, 0.2) is 11.6 Å². The van der Waals surface area contributed by atoms with Gasteiger partial charge in [-0.3, -0.25) is 0 Å². The molecule has 0 aromatic heterocycles. The Morgan fingerprint density at radius 3 is 2.11 bits per heavy atom. The SMILES string of the molecule is CCC(CC)C(C)NCc1cc(F)c(F)cc1F. The molecule has 18 heavy (non-hydrogen) atoms. The molecule has 102 valence electrons. The molecule has 0 aliphatic heterocycles. The van der Waals surface area contributed by atoms with Crippen molar-refractivity contribution in [3.05, 3.63) is 35.1 Å². The summed E-state index contributed by atoms with van der Waals surface area (Å²) in [7, 11) is 0. The summed E-state index contributed by atoms with van der Waals surface area (Å²) in [6.45, 7) is 6.44. The van der Waals surface area contributed by atoms with E-state index >= 15 is 0 Å². The minimum atomic E-state index is -1.15. The highest BCUT2D eigenvalue weighted by atomic mass is 19.2. The lowest BCUT2D eigenvalue weighted by atomic mass is 9.95. The van der Waals surface area contributed by atoms with Crippen LogP contribution in [0.2, 0.25) is 0 Å². The van der Waals surface area contributed by atoms with Crippen molar-refractivity contribution in [2.24, 2.45) is 5.92 Å². The van der Waals surface area contributed by atoms with E-state index in [1.807, 2.05) is 6.92 Å². The van der Waals surface area contributed by atoms with Crippen molar-refractivity contribution in [1.29, 1.82) is 0 Å². The maximum Gasteiger partial charge on any atom is 0.161 e. The number of hydrogen-bond donors (Lipinski definition) is 1. The van der Waals surface area contributed by atoms with E-state index in [2.05, 4.69) is 19.2 Å². The van der Waals surface area contributed by atoms with Gasteiger partial charge in [0.1, 0.15) is 5.82 Å². The molecule has 1 N–H and O–H groups in total. The Labute approximate surface area is 106 Å². The predicted molar refractivity (Wildman–Crippen MR) is 66.7 cm³/mol. The van der Waals surface area contributed by atoms with Crippen LogP contribution in [-0.2, 0) is 6.54 Å². The van der Waals surface area contributed by atoms with Crippen molar-refractivity contribution in [3.63, 3.8) is 0 Å². The fourth-order valence-corrected chi connectivity index (χ4v) is 2.13. The van der Waals surface area contributed by atoms with E-state index in [1.54, 1.807) is 0 Å². The van der Waals surface area contributed by atoms with Crippen molar-refractivity contribution in [1.82, 2.24) is 5.32 Å². The van der Waals surface area contributed by atoms with E-state index in [1.165, 1.54) is 0 Å². The van der Waals surface area contributed by atoms with Crippen molar-refractivity contribution in [2.45, 2.75) is 46.2 Å². The van der Waals surface area contributed by atoms with Crippen LogP contribution in [0, 0.1) is 23.4 Å². The molecule has 0 saturated heterocycles. The second kappa shape index (κ2) is 6.78. The molecular formula is C14H20F3N. The summed E-state index contributed by atoms with van der Waals surface area (Å²) in [6, 6.07) is 1.72. The van der Waals surface area contributed by atoms with Gasteiger partial charge in [0.2, 0.25) is 0 Å². The molecule has 1 nitrogen and oxygen atoms in total. The third-order valence-electron chi connectivity index (χ3n) is 3.46. The molecule has 0 heterocycles. The number of hydrogen-bond acceptors (Lipinski definition) is 1. The highest BCUT2D eigenvalue weighted by Crippen LogP contribution is 2.16. The average molecular weight is 259 g/mol. The molecule has 0 bridgehead atoms. The molecule has 0 aliphatic rings. The monoisotopic (exact) mass is 259 g/mol. The number of nitrogens with one attached hydrogen (secondary N) is 1. The van der Waals surface area contributed by atoms with E-state index < -0.39 is 17.5 Å². The first-order chi connectivity index (χ1) is 8.49. The van der Waals surface area contributed by atoms with Crippen LogP contribution in [0.25, 0.3) is 0 Å². The van der Waals surface area contributed by atoms with Crippen LogP contribution < -0.4 is 5.32 Å². The largest absolute Gasteiger partial charge is 0.310 e. The van der Waals surface area contributed by atoms with Crippen molar-refractivity contribution < 1.29 is 13.2 Å². The third kappa shape index (κ3) is 3.73. The molecule has 4 heteroatoms. The zero-order valence-electron chi connectivity index (χ0n) is 11.1. The fraction of sp³-hybridized carbons (Fsp3) is 0.571. The van der Waals surface area contributed by atoms with Gasteiger partial charge in [-0.1, -0.05) is 26.7 Å². The van der Waals surface area contributed by atoms with Gasteiger partial charge < -0.3 is 5.32 Å². The summed E-state index contributed by atoms with van der Waals surface area (Å²) in [5, 5.41) is 3.16. The number of benzene rings is 1. The molecule has 0 spiro atoms. The van der Waals surface area contributed by atoms with Gasteiger partial charge in [0, 0.05) is 24.2 Å². The van der Waals surface area contributed by atoms with E-state index in [9.17, 15) is 13.2 Å². The lowest BCUT2D eigenvalue weighted by Gasteiger charge is -2.22. The molecule has 1 atom stereocenters. The number of halogens is 3. The molecule has 0 saturated carbocycles. The Morgan fingerprint density at radius 1 is 1.00 bits per heavy atom. The summed E-state index contributed by atoms with van der Waals surface area (Å²) in [4.78, 5) is 0. The predicted octanol–water partition coefficient (Wildman–Crippen LogP) is 4.02. The van der Waals surface area contributed by atoms with Crippen molar-refractivity contribution >= 4 is 0 Å². The summed E-state index contributed by atoms with van der Waals surface area (Å²) in [5.74, 6) is -2.37. The van der Waals surface area contributed by atoms with E-state index in [0.717, 1.165) is 18.9 Å². The van der Waals surface area contributed by atoms with Crippen LogP contribution in [0.15, 0.2) is 12.1 Å². The lowest BCUT2D eigenvalue weighted by molar-refractivity contribution is 0.350. The second-order valence-corrected chi connectivity index (χ2v) is 4.60. The van der Waals surface area contributed by atoms with Crippen LogP contribution >= 0.6 is 0 Å². The lowest BCUT2D eigenvalue weighted by Crippen LogP contribution is -2.32. The van der Waals surface area contributed by atoms with Gasteiger partial charge in [-0.25, -0.2) is 13.2 Å². The second-order valence-electron chi connectivity index (χ2n) is 4.60. The normalized spacial score (nSPS) is 13.1. The summed E-state index contributed by atoms with van der Waals surface area (Å²) in [6.07, 6.45) is 2.07. The Morgan fingerprint density at radius 2 is 1.56 bits per heavy atom. The molecule has 1 unspecified atom stereocenters. The molecule has 1 rings (SSSR count). The first-order valence-corrected chi connectivity index (χ1v) is 6.36.